The number of aromatic amines is 2. The number of rotatable bonds is 3. The summed E-state index contributed by atoms with van der Waals surface area (Å²) in [7, 11) is 0. The van der Waals surface area contributed by atoms with Crippen LogP contribution in [0.1, 0.15) is 49.3 Å². The molecule has 3 N–H and O–H groups in total. The maximum atomic E-state index is 12.8. The number of nitrogens with one attached hydrogen (secondary N) is 3. The number of hydrogen-bond donors (Lipinski definition) is 3. The van der Waals surface area contributed by atoms with Crippen LogP contribution < -0.4 is 5.32 Å². The Morgan fingerprint density at radius 3 is 3.00 bits per heavy atom. The van der Waals surface area contributed by atoms with E-state index >= 15 is 0 Å². The van der Waals surface area contributed by atoms with E-state index in [1.165, 1.54) is 0 Å². The SMILES string of the molecule is O=C(NC1(c2nn[nH]n2)CCCC1)C1CCc2nc[nH]c2C1. The molecule has 0 aromatic carbocycles. The molecule has 1 amide bonds. The molecule has 8 nitrogen and oxygen atoms in total. The first-order valence-electron chi connectivity index (χ1n) is 7.84. The van der Waals surface area contributed by atoms with Crippen LogP contribution in [0, 0.1) is 5.92 Å². The topological polar surface area (TPSA) is 112 Å². The Hall–Kier alpha value is -2.25. The fourth-order valence-corrected chi connectivity index (χ4v) is 3.71. The Labute approximate surface area is 127 Å². The molecule has 22 heavy (non-hydrogen) atoms. The average molecular weight is 301 g/mol. The molecule has 1 saturated carbocycles. The number of carbonyl (C=O) groups is 1. The molecule has 2 aliphatic carbocycles. The van der Waals surface area contributed by atoms with E-state index in [2.05, 4.69) is 35.9 Å². The Bertz CT molecular complexity index is 657. The van der Waals surface area contributed by atoms with E-state index in [-0.39, 0.29) is 11.8 Å². The number of hydrogen-bond acceptors (Lipinski definition) is 5. The molecule has 2 aromatic heterocycles. The molecule has 1 fully saturated rings. The van der Waals surface area contributed by atoms with Gasteiger partial charge in [0, 0.05) is 18.0 Å². The van der Waals surface area contributed by atoms with Crippen molar-refractivity contribution in [3.63, 3.8) is 0 Å². The summed E-state index contributed by atoms with van der Waals surface area (Å²) in [6.45, 7) is 0. The number of aromatic nitrogens is 6. The highest BCUT2D eigenvalue weighted by atomic mass is 16.2. The Kier molecular flexibility index (Phi) is 3.16. The lowest BCUT2D eigenvalue weighted by Gasteiger charge is -2.30. The third-order valence-electron chi connectivity index (χ3n) is 4.95. The highest BCUT2D eigenvalue weighted by molar-refractivity contribution is 5.80. The summed E-state index contributed by atoms with van der Waals surface area (Å²) in [6, 6.07) is 0. The predicted octanol–water partition coefficient (Wildman–Crippen LogP) is 0.613. The van der Waals surface area contributed by atoms with E-state index in [4.69, 9.17) is 0 Å². The molecule has 1 atom stereocenters. The summed E-state index contributed by atoms with van der Waals surface area (Å²) in [6.07, 6.45) is 8.03. The van der Waals surface area contributed by atoms with Crippen LogP contribution in [0.2, 0.25) is 0 Å². The van der Waals surface area contributed by atoms with Gasteiger partial charge in [-0.15, -0.1) is 10.2 Å². The molecule has 4 rings (SSSR count). The molecule has 2 aliphatic rings. The number of carbonyl (C=O) groups excluding carboxylic acids is 1. The molecule has 1 unspecified atom stereocenters. The highest BCUT2D eigenvalue weighted by Gasteiger charge is 2.42. The van der Waals surface area contributed by atoms with Crippen molar-refractivity contribution in [3.05, 3.63) is 23.5 Å². The van der Waals surface area contributed by atoms with Crippen molar-refractivity contribution < 1.29 is 4.79 Å². The maximum Gasteiger partial charge on any atom is 0.224 e. The second kappa shape index (κ2) is 5.19. The van der Waals surface area contributed by atoms with E-state index in [0.717, 1.165) is 56.3 Å². The van der Waals surface area contributed by atoms with Crippen molar-refractivity contribution in [2.45, 2.75) is 50.5 Å². The Morgan fingerprint density at radius 1 is 1.36 bits per heavy atom. The van der Waals surface area contributed by atoms with Crippen LogP contribution in [-0.2, 0) is 23.2 Å². The van der Waals surface area contributed by atoms with Gasteiger partial charge in [0.25, 0.3) is 0 Å². The van der Waals surface area contributed by atoms with Crippen molar-refractivity contribution in [1.29, 1.82) is 0 Å². The summed E-state index contributed by atoms with van der Waals surface area (Å²) in [4.78, 5) is 20.2. The van der Waals surface area contributed by atoms with Gasteiger partial charge in [-0.05, 0) is 25.7 Å². The van der Waals surface area contributed by atoms with Crippen molar-refractivity contribution >= 4 is 5.91 Å². The highest BCUT2D eigenvalue weighted by Crippen LogP contribution is 2.37. The summed E-state index contributed by atoms with van der Waals surface area (Å²) in [5, 5.41) is 17.6. The zero-order valence-corrected chi connectivity index (χ0v) is 12.3. The first-order chi connectivity index (χ1) is 10.8. The number of aryl methyl sites for hydroxylation is 1. The van der Waals surface area contributed by atoms with Gasteiger partial charge in [-0.2, -0.15) is 5.21 Å². The van der Waals surface area contributed by atoms with Gasteiger partial charge in [0.2, 0.25) is 5.91 Å². The van der Waals surface area contributed by atoms with E-state index in [0.29, 0.717) is 5.82 Å². The molecule has 0 bridgehead atoms. The summed E-state index contributed by atoms with van der Waals surface area (Å²) in [5.74, 6) is 0.681. The summed E-state index contributed by atoms with van der Waals surface area (Å²) >= 11 is 0. The van der Waals surface area contributed by atoms with Gasteiger partial charge in [0.1, 0.15) is 5.54 Å². The minimum Gasteiger partial charge on any atom is -0.348 e. The first kappa shape index (κ1) is 13.4. The molecule has 8 heteroatoms. The second-order valence-electron chi connectivity index (χ2n) is 6.28. The van der Waals surface area contributed by atoms with Gasteiger partial charge in [-0.1, -0.05) is 18.1 Å². The first-order valence-corrected chi connectivity index (χ1v) is 7.84. The van der Waals surface area contributed by atoms with Crippen molar-refractivity contribution in [3.8, 4) is 0 Å². The van der Waals surface area contributed by atoms with Crippen LogP contribution in [0.25, 0.3) is 0 Å². The summed E-state index contributed by atoms with van der Waals surface area (Å²) < 4.78 is 0. The Morgan fingerprint density at radius 2 is 2.23 bits per heavy atom. The number of tetrazole rings is 1. The molecular weight excluding hydrogens is 282 g/mol. The van der Waals surface area contributed by atoms with Gasteiger partial charge in [-0.25, -0.2) is 4.98 Å². The van der Waals surface area contributed by atoms with Gasteiger partial charge in [0.15, 0.2) is 5.82 Å². The van der Waals surface area contributed by atoms with E-state index < -0.39 is 5.54 Å². The van der Waals surface area contributed by atoms with Gasteiger partial charge in [-0.3, -0.25) is 4.79 Å². The van der Waals surface area contributed by atoms with Crippen LogP contribution in [0.4, 0.5) is 0 Å². The molecule has 2 aromatic rings. The van der Waals surface area contributed by atoms with E-state index in [1.807, 2.05) is 0 Å². The fourth-order valence-electron chi connectivity index (χ4n) is 3.71. The monoisotopic (exact) mass is 301 g/mol. The van der Waals surface area contributed by atoms with Crippen molar-refractivity contribution in [2.75, 3.05) is 0 Å². The van der Waals surface area contributed by atoms with Crippen LogP contribution in [-0.4, -0.2) is 36.5 Å². The predicted molar refractivity (Wildman–Crippen MR) is 76.6 cm³/mol. The lowest BCUT2D eigenvalue weighted by Crippen LogP contribution is -2.48. The maximum absolute atomic E-state index is 12.8. The number of fused-ring (bicyclic) bond motifs is 1. The third-order valence-corrected chi connectivity index (χ3v) is 4.95. The zero-order valence-electron chi connectivity index (χ0n) is 12.3. The summed E-state index contributed by atoms with van der Waals surface area (Å²) in [5.41, 5.74) is 1.74. The van der Waals surface area contributed by atoms with Gasteiger partial charge >= 0.3 is 0 Å². The number of H-pyrrole nitrogens is 2. The molecule has 0 spiro atoms. The van der Waals surface area contributed by atoms with Crippen molar-refractivity contribution in [1.82, 2.24) is 35.9 Å². The number of nitrogens with zero attached hydrogens (tertiary/aromatic N) is 4. The normalized spacial score (nSPS) is 23.2. The van der Waals surface area contributed by atoms with E-state index in [9.17, 15) is 4.79 Å². The van der Waals surface area contributed by atoms with Crippen LogP contribution in [0.5, 0.6) is 0 Å². The standard InChI is InChI=1S/C14H19N7O/c22-12(9-3-4-10-11(7-9)16-8-15-10)17-14(5-1-2-6-14)13-18-20-21-19-13/h8-9H,1-7H2,(H,15,16)(H,17,22)(H,18,19,20,21). The van der Waals surface area contributed by atoms with Crippen molar-refractivity contribution in [2.24, 2.45) is 5.92 Å². The number of amides is 1. The molecular formula is C14H19N7O. The molecule has 116 valence electrons. The average Bonchev–Trinajstić information content (AvgIpc) is 3.27. The fraction of sp³-hybridized carbons (Fsp3) is 0.643. The molecule has 2 heterocycles. The number of imidazole rings is 1. The lowest BCUT2D eigenvalue weighted by molar-refractivity contribution is -0.127. The van der Waals surface area contributed by atoms with Crippen LogP contribution >= 0.6 is 0 Å². The molecule has 0 radical (unpaired) electrons. The second-order valence-corrected chi connectivity index (χ2v) is 6.28. The minimum atomic E-state index is -0.446. The molecule has 0 aliphatic heterocycles. The van der Waals surface area contributed by atoms with Gasteiger partial charge in [0.05, 0.1) is 12.0 Å². The quantitative estimate of drug-likeness (QED) is 0.769. The Balaban J connectivity index is 1.51. The lowest BCUT2D eigenvalue weighted by atomic mass is 9.87. The smallest absolute Gasteiger partial charge is 0.224 e. The van der Waals surface area contributed by atoms with Crippen LogP contribution in [0.15, 0.2) is 6.33 Å². The zero-order chi connectivity index (χ0) is 15.0. The van der Waals surface area contributed by atoms with Crippen LogP contribution in [0.3, 0.4) is 0 Å². The molecule has 0 saturated heterocycles. The van der Waals surface area contributed by atoms with E-state index in [1.54, 1.807) is 6.33 Å². The third kappa shape index (κ3) is 2.18. The van der Waals surface area contributed by atoms with Gasteiger partial charge < -0.3 is 10.3 Å². The minimum absolute atomic E-state index is 0.0164. The largest absolute Gasteiger partial charge is 0.348 e.